The molecule has 0 saturated carbocycles. The van der Waals surface area contributed by atoms with Crippen LogP contribution in [0, 0.1) is 0 Å². The number of hydrogen-bond acceptors (Lipinski definition) is 5. The molecule has 1 saturated heterocycles. The summed E-state index contributed by atoms with van der Waals surface area (Å²) < 4.78 is 5.50. The molecule has 0 aliphatic carbocycles. The lowest BCUT2D eigenvalue weighted by atomic mass is 10.1. The van der Waals surface area contributed by atoms with Gasteiger partial charge in [0.2, 0.25) is 5.91 Å². The second-order valence-electron chi connectivity index (χ2n) is 7.66. The molecular formula is C27H25N3O3S. The number of nitrogens with zero attached hydrogens (tertiary/aromatic N) is 2. The van der Waals surface area contributed by atoms with Crippen molar-refractivity contribution in [1.29, 1.82) is 0 Å². The number of rotatable bonds is 9. The van der Waals surface area contributed by atoms with E-state index in [0.717, 1.165) is 16.7 Å². The smallest absolute Gasteiger partial charge is 0.271 e. The van der Waals surface area contributed by atoms with Crippen LogP contribution in [0.2, 0.25) is 0 Å². The zero-order chi connectivity index (χ0) is 23.8. The van der Waals surface area contributed by atoms with Gasteiger partial charge in [-0.3, -0.25) is 9.59 Å². The number of nitrogens with one attached hydrogen (secondary N) is 1. The predicted octanol–water partition coefficient (Wildman–Crippen LogP) is 4.79. The minimum Gasteiger partial charge on any atom is -0.490 e. The van der Waals surface area contributed by atoms with E-state index in [1.54, 1.807) is 36.2 Å². The monoisotopic (exact) mass is 471 g/mol. The Morgan fingerprint density at radius 3 is 2.68 bits per heavy atom. The molecule has 1 aliphatic rings. The lowest BCUT2D eigenvalue weighted by Crippen LogP contribution is -2.27. The van der Waals surface area contributed by atoms with Crippen molar-refractivity contribution in [2.45, 2.75) is 11.9 Å². The van der Waals surface area contributed by atoms with Crippen LogP contribution in [0.25, 0.3) is 0 Å². The number of thioether (sulfide) groups is 1. The van der Waals surface area contributed by atoms with E-state index in [0.29, 0.717) is 30.2 Å². The van der Waals surface area contributed by atoms with Crippen LogP contribution in [-0.4, -0.2) is 35.3 Å². The van der Waals surface area contributed by atoms with Crippen LogP contribution in [0.4, 0.5) is 0 Å². The first-order valence-electron chi connectivity index (χ1n) is 10.9. The minimum atomic E-state index is -0.307. The van der Waals surface area contributed by atoms with Gasteiger partial charge in [-0.2, -0.15) is 5.10 Å². The Morgan fingerprint density at radius 1 is 1.12 bits per heavy atom. The fourth-order valence-corrected chi connectivity index (χ4v) is 4.74. The molecule has 6 nitrogen and oxygen atoms in total. The van der Waals surface area contributed by atoms with Crippen LogP contribution >= 0.6 is 11.8 Å². The van der Waals surface area contributed by atoms with Crippen molar-refractivity contribution in [3.63, 3.8) is 0 Å². The zero-order valence-corrected chi connectivity index (χ0v) is 19.4. The highest BCUT2D eigenvalue weighted by molar-refractivity contribution is 8.00. The average molecular weight is 472 g/mol. The molecule has 4 rings (SSSR count). The summed E-state index contributed by atoms with van der Waals surface area (Å²) in [6, 6.07) is 24.7. The van der Waals surface area contributed by atoms with Crippen LogP contribution in [0.15, 0.2) is 96.6 Å². The summed E-state index contributed by atoms with van der Waals surface area (Å²) >= 11 is 1.60. The summed E-state index contributed by atoms with van der Waals surface area (Å²) in [7, 11) is 0. The highest BCUT2D eigenvalue weighted by Gasteiger charge is 2.32. The molecule has 1 N–H and O–H groups in total. The Hall–Kier alpha value is -3.84. The van der Waals surface area contributed by atoms with Crippen molar-refractivity contribution in [3.05, 3.63) is 114 Å². The zero-order valence-electron chi connectivity index (χ0n) is 18.6. The predicted molar refractivity (Wildman–Crippen MR) is 136 cm³/mol. The van der Waals surface area contributed by atoms with Crippen molar-refractivity contribution in [3.8, 4) is 5.75 Å². The average Bonchev–Trinajstić information content (AvgIpc) is 3.23. The van der Waals surface area contributed by atoms with E-state index >= 15 is 0 Å². The van der Waals surface area contributed by atoms with Gasteiger partial charge in [0.25, 0.3) is 5.91 Å². The van der Waals surface area contributed by atoms with E-state index in [-0.39, 0.29) is 17.2 Å². The van der Waals surface area contributed by atoms with E-state index in [9.17, 15) is 9.59 Å². The number of amides is 2. The molecule has 1 atom stereocenters. The Kier molecular flexibility index (Phi) is 7.78. The van der Waals surface area contributed by atoms with E-state index in [1.165, 1.54) is 0 Å². The third-order valence-corrected chi connectivity index (χ3v) is 6.48. The van der Waals surface area contributed by atoms with Crippen molar-refractivity contribution in [1.82, 2.24) is 10.3 Å². The Balaban J connectivity index is 1.37. The summed E-state index contributed by atoms with van der Waals surface area (Å²) in [5.74, 6) is 0.969. The third kappa shape index (κ3) is 5.94. The van der Waals surface area contributed by atoms with E-state index in [4.69, 9.17) is 4.74 Å². The molecule has 172 valence electrons. The van der Waals surface area contributed by atoms with E-state index in [1.807, 2.05) is 71.6 Å². The number of carbonyl (C=O) groups excluding carboxylic acids is 2. The molecule has 2 amide bonds. The molecular weight excluding hydrogens is 446 g/mol. The van der Waals surface area contributed by atoms with E-state index < -0.39 is 0 Å². The van der Waals surface area contributed by atoms with Crippen LogP contribution in [0.5, 0.6) is 5.75 Å². The standard InChI is InChI=1S/C27H25N3O3S/c1-2-15-33-24-10-6-9-21(16-24)17-28-29-26(32)22-11-13-23(14-12-22)27-30(25(31)19-34-27)18-20-7-4-3-5-8-20/h2-14,16-17,27H,1,15,18-19H2,(H,29,32)/b28-17-/t27-/m1/s1. The summed E-state index contributed by atoms with van der Waals surface area (Å²) in [5, 5.41) is 3.98. The maximum Gasteiger partial charge on any atom is 0.271 e. The molecule has 0 aromatic heterocycles. The molecule has 1 heterocycles. The Morgan fingerprint density at radius 2 is 1.91 bits per heavy atom. The normalized spacial score (nSPS) is 15.5. The molecule has 7 heteroatoms. The van der Waals surface area contributed by atoms with Gasteiger partial charge in [-0.1, -0.05) is 67.3 Å². The van der Waals surface area contributed by atoms with Crippen molar-refractivity contribution in [2.24, 2.45) is 5.10 Å². The highest BCUT2D eigenvalue weighted by Crippen LogP contribution is 2.39. The van der Waals surface area contributed by atoms with E-state index in [2.05, 4.69) is 17.1 Å². The summed E-state index contributed by atoms with van der Waals surface area (Å²) in [5.41, 5.74) is 5.93. The maximum absolute atomic E-state index is 12.5. The number of carbonyl (C=O) groups is 2. The number of hydrazone groups is 1. The Labute approximate surface area is 203 Å². The van der Waals surface area contributed by atoms with Gasteiger partial charge in [-0.15, -0.1) is 11.8 Å². The quantitative estimate of drug-likeness (QED) is 0.277. The Bertz CT molecular complexity index is 1180. The SMILES string of the molecule is C=CCOc1cccc(/C=N\NC(=O)c2ccc([C@H]3SCC(=O)N3Cc3ccccc3)cc2)c1. The highest BCUT2D eigenvalue weighted by atomic mass is 32.2. The fraction of sp³-hybridized carbons (Fsp3) is 0.148. The van der Waals surface area contributed by atoms with Crippen molar-refractivity contribution < 1.29 is 14.3 Å². The molecule has 3 aromatic rings. The van der Waals surface area contributed by atoms with Crippen molar-refractivity contribution in [2.75, 3.05) is 12.4 Å². The molecule has 0 radical (unpaired) electrons. The van der Waals surface area contributed by atoms with Gasteiger partial charge in [0.1, 0.15) is 17.7 Å². The molecule has 3 aromatic carbocycles. The second-order valence-corrected chi connectivity index (χ2v) is 8.73. The first-order valence-corrected chi connectivity index (χ1v) is 11.9. The fourth-order valence-electron chi connectivity index (χ4n) is 3.55. The summed E-state index contributed by atoms with van der Waals surface area (Å²) in [4.78, 5) is 26.8. The van der Waals surface area contributed by atoms with Crippen LogP contribution < -0.4 is 10.2 Å². The van der Waals surface area contributed by atoms with Gasteiger partial charge in [0.15, 0.2) is 0 Å². The molecule has 34 heavy (non-hydrogen) atoms. The molecule has 0 spiro atoms. The lowest BCUT2D eigenvalue weighted by molar-refractivity contribution is -0.128. The third-order valence-electron chi connectivity index (χ3n) is 5.23. The molecule has 0 unspecified atom stereocenters. The van der Waals surface area contributed by atoms with Gasteiger partial charge < -0.3 is 9.64 Å². The largest absolute Gasteiger partial charge is 0.490 e. The molecule has 1 aliphatic heterocycles. The van der Waals surface area contributed by atoms with Gasteiger partial charge in [-0.05, 0) is 41.0 Å². The van der Waals surface area contributed by atoms with Crippen LogP contribution in [0.3, 0.4) is 0 Å². The number of hydrogen-bond donors (Lipinski definition) is 1. The van der Waals surface area contributed by atoms with Crippen molar-refractivity contribution >= 4 is 29.8 Å². The lowest BCUT2D eigenvalue weighted by Gasteiger charge is -2.24. The maximum atomic E-state index is 12.5. The number of ether oxygens (including phenoxy) is 1. The van der Waals surface area contributed by atoms with Crippen LogP contribution in [0.1, 0.15) is 32.4 Å². The first-order chi connectivity index (χ1) is 16.6. The topological polar surface area (TPSA) is 71.0 Å². The van der Waals surface area contributed by atoms with Crippen LogP contribution in [-0.2, 0) is 11.3 Å². The summed E-state index contributed by atoms with van der Waals surface area (Å²) in [6.07, 6.45) is 3.24. The van der Waals surface area contributed by atoms with Gasteiger partial charge in [0, 0.05) is 12.1 Å². The van der Waals surface area contributed by atoms with Gasteiger partial charge in [0.05, 0.1) is 12.0 Å². The van der Waals surface area contributed by atoms with Gasteiger partial charge >= 0.3 is 0 Å². The molecule has 0 bridgehead atoms. The minimum absolute atomic E-state index is 0.0709. The van der Waals surface area contributed by atoms with Gasteiger partial charge in [-0.25, -0.2) is 5.43 Å². The second kappa shape index (κ2) is 11.3. The number of benzene rings is 3. The summed E-state index contributed by atoms with van der Waals surface area (Å²) in [6.45, 7) is 4.62. The first kappa shape index (κ1) is 23.3. The molecule has 1 fully saturated rings.